The van der Waals surface area contributed by atoms with Crippen molar-refractivity contribution < 1.29 is 14.6 Å². The number of aromatic amines is 1. The van der Waals surface area contributed by atoms with Gasteiger partial charge in [-0.2, -0.15) is 5.10 Å². The Kier molecular flexibility index (Phi) is 4.79. The third kappa shape index (κ3) is 3.34. The molecule has 1 heterocycles. The van der Waals surface area contributed by atoms with E-state index in [1.54, 1.807) is 13.2 Å². The second-order valence-corrected chi connectivity index (χ2v) is 2.98. The van der Waals surface area contributed by atoms with Gasteiger partial charge in [0.25, 0.3) is 5.91 Å². The Morgan fingerprint density at radius 3 is 3.00 bits per heavy atom. The molecule has 0 fully saturated rings. The van der Waals surface area contributed by atoms with Crippen LogP contribution in [0.1, 0.15) is 10.5 Å². The summed E-state index contributed by atoms with van der Waals surface area (Å²) in [5, 5.41) is 15.1. The predicted molar refractivity (Wildman–Crippen MR) is 53.5 cm³/mol. The van der Waals surface area contributed by atoms with E-state index in [0.717, 1.165) is 0 Å². The molecule has 0 saturated carbocycles. The van der Waals surface area contributed by atoms with E-state index in [9.17, 15) is 4.79 Å². The molecule has 0 bridgehead atoms. The molecule has 0 radical (unpaired) electrons. The van der Waals surface area contributed by atoms with E-state index < -0.39 is 0 Å². The number of aliphatic hydroxyl groups is 1. The van der Waals surface area contributed by atoms with Gasteiger partial charge in [0, 0.05) is 26.4 Å². The first-order chi connectivity index (χ1) is 7.29. The number of carbonyl (C=O) groups excluding carboxylic acids is 1. The van der Waals surface area contributed by atoms with Gasteiger partial charge in [0.2, 0.25) is 0 Å². The number of ether oxygens (including phenoxy) is 1. The SMILES string of the molecule is COCCN(CCO)C(=O)c1ccn[nH]1. The summed E-state index contributed by atoms with van der Waals surface area (Å²) in [6.07, 6.45) is 1.51. The van der Waals surface area contributed by atoms with Crippen molar-refractivity contribution in [3.05, 3.63) is 18.0 Å². The quantitative estimate of drug-likeness (QED) is 0.667. The Labute approximate surface area is 87.8 Å². The fraction of sp³-hybridized carbons (Fsp3) is 0.556. The van der Waals surface area contributed by atoms with E-state index in [1.165, 1.54) is 11.1 Å². The Balaban J connectivity index is 2.58. The zero-order chi connectivity index (χ0) is 11.1. The lowest BCUT2D eigenvalue weighted by Crippen LogP contribution is -2.36. The van der Waals surface area contributed by atoms with Gasteiger partial charge < -0.3 is 14.7 Å². The standard InChI is InChI=1S/C9H15N3O3/c1-15-7-5-12(4-6-13)9(14)8-2-3-10-11-8/h2-3,13H,4-7H2,1H3,(H,10,11). The van der Waals surface area contributed by atoms with Crippen molar-refractivity contribution in [2.45, 2.75) is 0 Å². The van der Waals surface area contributed by atoms with Crippen LogP contribution in [0.2, 0.25) is 0 Å². The van der Waals surface area contributed by atoms with Gasteiger partial charge in [-0.05, 0) is 6.07 Å². The fourth-order valence-electron chi connectivity index (χ4n) is 1.18. The van der Waals surface area contributed by atoms with Crippen molar-refractivity contribution in [1.29, 1.82) is 0 Å². The number of hydrogen-bond acceptors (Lipinski definition) is 4. The topological polar surface area (TPSA) is 78.5 Å². The van der Waals surface area contributed by atoms with Gasteiger partial charge in [-0.1, -0.05) is 0 Å². The minimum absolute atomic E-state index is 0.0659. The van der Waals surface area contributed by atoms with Crippen LogP contribution in [0, 0.1) is 0 Å². The van der Waals surface area contributed by atoms with Crippen molar-refractivity contribution in [2.75, 3.05) is 33.4 Å². The first-order valence-electron chi connectivity index (χ1n) is 4.68. The number of hydrogen-bond donors (Lipinski definition) is 2. The highest BCUT2D eigenvalue weighted by Crippen LogP contribution is 2.00. The first kappa shape index (κ1) is 11.7. The number of methoxy groups -OCH3 is 1. The van der Waals surface area contributed by atoms with Crippen molar-refractivity contribution >= 4 is 5.91 Å². The summed E-state index contributed by atoms with van der Waals surface area (Å²) in [5.41, 5.74) is 0.416. The van der Waals surface area contributed by atoms with Crippen molar-refractivity contribution in [2.24, 2.45) is 0 Å². The molecule has 2 N–H and O–H groups in total. The molecule has 0 saturated heterocycles. The van der Waals surface area contributed by atoms with Crippen molar-refractivity contribution in [3.63, 3.8) is 0 Å². The molecule has 1 aromatic rings. The number of aliphatic hydroxyl groups excluding tert-OH is 1. The molecule has 0 aliphatic carbocycles. The number of aromatic nitrogens is 2. The molecule has 6 heteroatoms. The molecular weight excluding hydrogens is 198 g/mol. The largest absolute Gasteiger partial charge is 0.395 e. The van der Waals surface area contributed by atoms with Gasteiger partial charge >= 0.3 is 0 Å². The van der Waals surface area contributed by atoms with Crippen LogP contribution >= 0.6 is 0 Å². The van der Waals surface area contributed by atoms with E-state index in [0.29, 0.717) is 25.4 Å². The lowest BCUT2D eigenvalue weighted by atomic mass is 10.3. The van der Waals surface area contributed by atoms with Crippen molar-refractivity contribution in [1.82, 2.24) is 15.1 Å². The average Bonchev–Trinajstić information content (AvgIpc) is 2.76. The van der Waals surface area contributed by atoms with Crippen LogP contribution in [0.5, 0.6) is 0 Å². The number of nitrogens with zero attached hydrogens (tertiary/aromatic N) is 2. The van der Waals surface area contributed by atoms with Gasteiger partial charge in [0.15, 0.2) is 0 Å². The molecule has 0 spiro atoms. The summed E-state index contributed by atoms with van der Waals surface area (Å²) in [6, 6.07) is 1.60. The summed E-state index contributed by atoms with van der Waals surface area (Å²) in [7, 11) is 1.57. The normalized spacial score (nSPS) is 10.3. The fourth-order valence-corrected chi connectivity index (χ4v) is 1.18. The molecule has 1 rings (SSSR count). The Bertz CT molecular complexity index is 287. The van der Waals surface area contributed by atoms with Gasteiger partial charge in [-0.3, -0.25) is 9.89 Å². The van der Waals surface area contributed by atoms with Gasteiger partial charge in [0.1, 0.15) is 5.69 Å². The molecule has 0 aromatic carbocycles. The second kappa shape index (κ2) is 6.15. The zero-order valence-corrected chi connectivity index (χ0v) is 8.64. The number of amides is 1. The minimum atomic E-state index is -0.182. The summed E-state index contributed by atoms with van der Waals surface area (Å²) < 4.78 is 4.88. The highest BCUT2D eigenvalue weighted by molar-refractivity contribution is 5.92. The van der Waals surface area contributed by atoms with E-state index in [-0.39, 0.29) is 12.5 Å². The second-order valence-electron chi connectivity index (χ2n) is 2.98. The molecule has 0 unspecified atom stereocenters. The van der Waals surface area contributed by atoms with E-state index in [2.05, 4.69) is 10.2 Å². The lowest BCUT2D eigenvalue weighted by molar-refractivity contribution is 0.0651. The molecular formula is C9H15N3O3. The molecule has 1 amide bonds. The maximum atomic E-state index is 11.8. The van der Waals surface area contributed by atoms with Crippen LogP contribution in [0.4, 0.5) is 0 Å². The third-order valence-electron chi connectivity index (χ3n) is 1.95. The maximum absolute atomic E-state index is 11.8. The first-order valence-corrected chi connectivity index (χ1v) is 4.68. The molecule has 0 aliphatic heterocycles. The molecule has 6 nitrogen and oxygen atoms in total. The van der Waals surface area contributed by atoms with Gasteiger partial charge in [0.05, 0.1) is 13.2 Å². The highest BCUT2D eigenvalue weighted by atomic mass is 16.5. The van der Waals surface area contributed by atoms with Crippen LogP contribution in [-0.2, 0) is 4.74 Å². The molecule has 1 aromatic heterocycles. The number of nitrogens with one attached hydrogen (secondary N) is 1. The van der Waals surface area contributed by atoms with E-state index in [4.69, 9.17) is 9.84 Å². The number of rotatable bonds is 6. The summed E-state index contributed by atoms with van der Waals surface area (Å²) >= 11 is 0. The predicted octanol–water partition coefficient (Wildman–Crippen LogP) is -0.509. The van der Waals surface area contributed by atoms with Gasteiger partial charge in [-0.25, -0.2) is 0 Å². The van der Waals surface area contributed by atoms with E-state index in [1.807, 2.05) is 0 Å². The number of H-pyrrole nitrogens is 1. The molecule has 15 heavy (non-hydrogen) atoms. The smallest absolute Gasteiger partial charge is 0.272 e. The van der Waals surface area contributed by atoms with E-state index >= 15 is 0 Å². The summed E-state index contributed by atoms with van der Waals surface area (Å²) in [5.74, 6) is -0.182. The Morgan fingerprint density at radius 1 is 1.67 bits per heavy atom. The lowest BCUT2D eigenvalue weighted by Gasteiger charge is -2.20. The Morgan fingerprint density at radius 2 is 2.47 bits per heavy atom. The van der Waals surface area contributed by atoms with Crippen LogP contribution in [0.3, 0.4) is 0 Å². The molecule has 0 aliphatic rings. The summed E-state index contributed by atoms with van der Waals surface area (Å²) in [6.45, 7) is 1.12. The molecule has 84 valence electrons. The molecule has 0 atom stereocenters. The van der Waals surface area contributed by atoms with Crippen LogP contribution in [0.15, 0.2) is 12.3 Å². The summed E-state index contributed by atoms with van der Waals surface area (Å²) in [4.78, 5) is 13.3. The monoisotopic (exact) mass is 213 g/mol. The average molecular weight is 213 g/mol. The van der Waals surface area contributed by atoms with Crippen LogP contribution in [0.25, 0.3) is 0 Å². The minimum Gasteiger partial charge on any atom is -0.395 e. The maximum Gasteiger partial charge on any atom is 0.272 e. The highest BCUT2D eigenvalue weighted by Gasteiger charge is 2.15. The van der Waals surface area contributed by atoms with Gasteiger partial charge in [-0.15, -0.1) is 0 Å². The van der Waals surface area contributed by atoms with Crippen LogP contribution < -0.4 is 0 Å². The zero-order valence-electron chi connectivity index (χ0n) is 8.64. The third-order valence-corrected chi connectivity index (χ3v) is 1.95. The Hall–Kier alpha value is -1.40. The van der Waals surface area contributed by atoms with Crippen molar-refractivity contribution in [3.8, 4) is 0 Å². The number of carbonyl (C=O) groups is 1. The van der Waals surface area contributed by atoms with Crippen LogP contribution in [-0.4, -0.2) is 59.5 Å².